The second-order valence-corrected chi connectivity index (χ2v) is 4.50. The molecule has 0 aliphatic heterocycles. The van der Waals surface area contributed by atoms with E-state index in [1.54, 1.807) is 0 Å². The van der Waals surface area contributed by atoms with Crippen LogP contribution < -0.4 is 11.5 Å². The summed E-state index contributed by atoms with van der Waals surface area (Å²) in [7, 11) is 0. The van der Waals surface area contributed by atoms with Gasteiger partial charge in [-0.1, -0.05) is 0 Å². The van der Waals surface area contributed by atoms with Crippen molar-refractivity contribution in [2.75, 3.05) is 6.54 Å². The standard InChI is InChI=1S/C5H9NO2.C5H8O3.C4H9NO/c1-4(7)2-3-5(6)8;1-4(6)2-3-5(7)8;1-4(6)2-3-5/h2-3H2,1H3,(H2,6,8);2-3H2,1H3,(H,7,8);2-3,5H2,1H3. The molecule has 0 aromatic carbocycles. The molecule has 8 heteroatoms. The van der Waals surface area contributed by atoms with E-state index in [1.165, 1.54) is 20.8 Å². The van der Waals surface area contributed by atoms with Crippen molar-refractivity contribution in [2.24, 2.45) is 11.5 Å². The van der Waals surface area contributed by atoms with Crippen molar-refractivity contribution in [1.82, 2.24) is 0 Å². The number of carboxylic acid groups (broad SMARTS) is 1. The van der Waals surface area contributed by atoms with Gasteiger partial charge in [-0.3, -0.25) is 14.4 Å². The lowest BCUT2D eigenvalue weighted by atomic mass is 10.2. The molecule has 0 aromatic rings. The van der Waals surface area contributed by atoms with Crippen LogP contribution in [-0.2, 0) is 24.0 Å². The van der Waals surface area contributed by atoms with E-state index in [2.05, 4.69) is 0 Å². The Morgan fingerprint density at radius 3 is 1.18 bits per heavy atom. The molecule has 0 aliphatic rings. The first-order chi connectivity index (χ1) is 10.0. The van der Waals surface area contributed by atoms with Gasteiger partial charge in [0.15, 0.2) is 0 Å². The van der Waals surface area contributed by atoms with E-state index in [9.17, 15) is 24.0 Å². The molecule has 22 heavy (non-hydrogen) atoms. The number of carbonyl (C=O) groups excluding carboxylic acids is 4. The Bertz CT molecular complexity index is 324. The van der Waals surface area contributed by atoms with Crippen molar-refractivity contribution in [3.63, 3.8) is 0 Å². The molecule has 0 spiro atoms. The number of primary amides is 1. The maximum Gasteiger partial charge on any atom is 0.303 e. The Morgan fingerprint density at radius 1 is 0.727 bits per heavy atom. The maximum atomic E-state index is 10.1. The minimum atomic E-state index is -0.916. The smallest absolute Gasteiger partial charge is 0.303 e. The fraction of sp³-hybridized carbons (Fsp3) is 0.643. The van der Waals surface area contributed by atoms with Gasteiger partial charge >= 0.3 is 5.97 Å². The van der Waals surface area contributed by atoms with Crippen molar-refractivity contribution < 1.29 is 29.1 Å². The second-order valence-electron chi connectivity index (χ2n) is 4.50. The van der Waals surface area contributed by atoms with Gasteiger partial charge in [-0.15, -0.1) is 0 Å². The SMILES string of the molecule is CC(=O)CCC(=O)O.CC(=O)CCC(N)=O.CC(=O)CCN. The molecule has 0 radical (unpaired) electrons. The number of nitrogens with two attached hydrogens (primary N) is 2. The Balaban J connectivity index is -0.000000249. The van der Waals surface area contributed by atoms with Gasteiger partial charge < -0.3 is 26.2 Å². The minimum absolute atomic E-state index is 0.00352. The van der Waals surface area contributed by atoms with Gasteiger partial charge in [0.05, 0.1) is 6.42 Å². The molecule has 0 saturated carbocycles. The summed E-state index contributed by atoms with van der Waals surface area (Å²) in [5.74, 6) is -1.24. The van der Waals surface area contributed by atoms with Gasteiger partial charge in [-0.05, 0) is 27.3 Å². The Morgan fingerprint density at radius 2 is 1.09 bits per heavy atom. The molecule has 8 nitrogen and oxygen atoms in total. The lowest BCUT2D eigenvalue weighted by Crippen LogP contribution is -2.11. The fourth-order valence-electron chi connectivity index (χ4n) is 0.785. The summed E-state index contributed by atoms with van der Waals surface area (Å²) in [6, 6.07) is 0. The van der Waals surface area contributed by atoms with E-state index in [-0.39, 0.29) is 43.0 Å². The average molecular weight is 318 g/mol. The number of ketones is 3. The summed E-state index contributed by atoms with van der Waals surface area (Å²) < 4.78 is 0. The van der Waals surface area contributed by atoms with Crippen LogP contribution in [0.25, 0.3) is 0 Å². The highest BCUT2D eigenvalue weighted by Gasteiger charge is 1.98. The summed E-state index contributed by atoms with van der Waals surface area (Å²) in [6.07, 6.45) is 1.06. The van der Waals surface area contributed by atoms with Gasteiger partial charge in [-0.2, -0.15) is 0 Å². The predicted octanol–water partition coefficient (Wildman–Crippen LogP) is 0.205. The van der Waals surface area contributed by atoms with Gasteiger partial charge in [-0.25, -0.2) is 0 Å². The number of hydrogen-bond donors (Lipinski definition) is 3. The average Bonchev–Trinajstić information content (AvgIpc) is 2.35. The predicted molar refractivity (Wildman–Crippen MR) is 81.0 cm³/mol. The van der Waals surface area contributed by atoms with Crippen LogP contribution in [0.5, 0.6) is 0 Å². The number of hydrogen-bond acceptors (Lipinski definition) is 6. The second kappa shape index (κ2) is 17.0. The molecule has 0 fully saturated rings. The van der Waals surface area contributed by atoms with E-state index in [4.69, 9.17) is 16.6 Å². The molecule has 0 saturated heterocycles. The largest absolute Gasteiger partial charge is 0.481 e. The van der Waals surface area contributed by atoms with E-state index < -0.39 is 11.9 Å². The Hall–Kier alpha value is -2.09. The first kappa shape index (κ1) is 24.9. The zero-order valence-electron chi connectivity index (χ0n) is 13.4. The molecule has 5 N–H and O–H groups in total. The van der Waals surface area contributed by atoms with E-state index >= 15 is 0 Å². The zero-order valence-corrected chi connectivity index (χ0v) is 13.4. The van der Waals surface area contributed by atoms with Crippen molar-refractivity contribution in [1.29, 1.82) is 0 Å². The van der Waals surface area contributed by atoms with E-state index in [1.807, 2.05) is 0 Å². The Kier molecular flexibility index (Phi) is 19.2. The number of aliphatic carboxylic acids is 1. The molecule has 0 rings (SSSR count). The fourth-order valence-corrected chi connectivity index (χ4v) is 0.785. The van der Waals surface area contributed by atoms with Crippen molar-refractivity contribution in [3.8, 4) is 0 Å². The Labute approximate surface area is 130 Å². The highest BCUT2D eigenvalue weighted by molar-refractivity contribution is 5.82. The van der Waals surface area contributed by atoms with Gasteiger partial charge in [0.1, 0.15) is 17.3 Å². The number of carboxylic acids is 1. The monoisotopic (exact) mass is 318 g/mol. The normalized spacial score (nSPS) is 8.55. The van der Waals surface area contributed by atoms with Crippen LogP contribution in [0.2, 0.25) is 0 Å². The molecule has 0 bridgehead atoms. The molecule has 0 unspecified atom stereocenters. The molecular weight excluding hydrogens is 292 g/mol. The first-order valence-corrected chi connectivity index (χ1v) is 6.71. The van der Waals surface area contributed by atoms with Crippen LogP contribution >= 0.6 is 0 Å². The lowest BCUT2D eigenvalue weighted by Gasteiger charge is -1.87. The van der Waals surface area contributed by atoms with Crippen LogP contribution in [0.3, 0.4) is 0 Å². The molecule has 1 amide bonds. The topological polar surface area (TPSA) is 158 Å². The van der Waals surface area contributed by atoms with Crippen LogP contribution in [0, 0.1) is 0 Å². The quantitative estimate of drug-likeness (QED) is 0.576. The lowest BCUT2D eigenvalue weighted by molar-refractivity contribution is -0.138. The highest BCUT2D eigenvalue weighted by Crippen LogP contribution is 1.88. The van der Waals surface area contributed by atoms with Gasteiger partial charge in [0.25, 0.3) is 0 Å². The third-order valence-electron chi connectivity index (χ3n) is 1.91. The van der Waals surface area contributed by atoms with Crippen molar-refractivity contribution >= 4 is 29.2 Å². The minimum Gasteiger partial charge on any atom is -0.481 e. The molecule has 0 atom stereocenters. The van der Waals surface area contributed by atoms with Crippen LogP contribution in [0.1, 0.15) is 52.9 Å². The van der Waals surface area contributed by atoms with Gasteiger partial charge in [0.2, 0.25) is 5.91 Å². The maximum absolute atomic E-state index is 10.1. The van der Waals surface area contributed by atoms with Crippen LogP contribution in [-0.4, -0.2) is 40.9 Å². The van der Waals surface area contributed by atoms with E-state index in [0.29, 0.717) is 13.0 Å². The molecule has 0 aromatic heterocycles. The molecular formula is C14H26N2O6. The summed E-state index contributed by atoms with van der Waals surface area (Å²) in [6.45, 7) is 4.83. The van der Waals surface area contributed by atoms with Gasteiger partial charge in [0, 0.05) is 25.7 Å². The highest BCUT2D eigenvalue weighted by atomic mass is 16.4. The summed E-state index contributed by atoms with van der Waals surface area (Å²) in [5.41, 5.74) is 9.76. The van der Waals surface area contributed by atoms with Crippen molar-refractivity contribution in [3.05, 3.63) is 0 Å². The van der Waals surface area contributed by atoms with E-state index in [0.717, 1.165) is 0 Å². The molecule has 0 aliphatic carbocycles. The van der Waals surface area contributed by atoms with Crippen molar-refractivity contribution in [2.45, 2.75) is 52.9 Å². The summed E-state index contributed by atoms with van der Waals surface area (Å²) >= 11 is 0. The third-order valence-corrected chi connectivity index (χ3v) is 1.91. The molecule has 0 heterocycles. The zero-order chi connectivity index (χ0) is 18.1. The summed E-state index contributed by atoms with van der Waals surface area (Å²) in [5, 5.41) is 8.01. The molecule has 128 valence electrons. The van der Waals surface area contributed by atoms with Crippen LogP contribution in [0.4, 0.5) is 0 Å². The number of amides is 1. The number of Topliss-reactive ketones (excluding diaryl/α,β-unsaturated/α-hetero) is 3. The summed E-state index contributed by atoms with van der Waals surface area (Å²) in [4.78, 5) is 49.9. The van der Waals surface area contributed by atoms with Crippen LogP contribution in [0.15, 0.2) is 0 Å². The third kappa shape index (κ3) is 43.0. The number of carbonyl (C=O) groups is 5. The number of rotatable bonds is 8. The first-order valence-electron chi connectivity index (χ1n) is 6.71.